The molecular weight excluding hydrogens is 348 g/mol. The first-order chi connectivity index (χ1) is 13.7. The third-order valence-electron chi connectivity index (χ3n) is 4.72. The minimum Gasteiger partial charge on any atom is -0.383 e. The summed E-state index contributed by atoms with van der Waals surface area (Å²) in [5, 5.41) is 7.46. The highest BCUT2D eigenvalue weighted by Crippen LogP contribution is 2.18. The largest absolute Gasteiger partial charge is 0.383 e. The summed E-state index contributed by atoms with van der Waals surface area (Å²) in [6, 6.07) is 19.5. The monoisotopic (exact) mass is 370 g/mol. The van der Waals surface area contributed by atoms with E-state index in [1.807, 2.05) is 43.3 Å². The van der Waals surface area contributed by atoms with Crippen LogP contribution in [0.2, 0.25) is 0 Å². The topological polar surface area (TPSA) is 69.8 Å². The van der Waals surface area contributed by atoms with Gasteiger partial charge in [-0.3, -0.25) is 4.79 Å². The lowest BCUT2D eigenvalue weighted by molar-refractivity contribution is 0.102. The van der Waals surface area contributed by atoms with Gasteiger partial charge in [0, 0.05) is 29.2 Å². The zero-order valence-corrected chi connectivity index (χ0v) is 15.7. The highest BCUT2D eigenvalue weighted by atomic mass is 16.1. The Morgan fingerprint density at radius 1 is 1.04 bits per heavy atom. The molecular formula is C23H22N4O. The standard InChI is InChI=1S/C23H22N4O/c1-16-6-8-17(9-7-16)23(28)27-22-11-10-19(15-26-22)24-13-12-18-14-25-21-5-3-2-4-20(18)21/h2-11,14-15,24-25H,12-13H2,1H3,(H,26,27,28). The number of carbonyl (C=O) groups is 1. The number of nitrogens with one attached hydrogen (secondary N) is 3. The second-order valence-electron chi connectivity index (χ2n) is 6.79. The minimum atomic E-state index is -0.160. The van der Waals surface area contributed by atoms with Crippen LogP contribution in [0.1, 0.15) is 21.5 Å². The van der Waals surface area contributed by atoms with Gasteiger partial charge < -0.3 is 15.6 Å². The smallest absolute Gasteiger partial charge is 0.256 e. The van der Waals surface area contributed by atoms with Crippen LogP contribution in [0.3, 0.4) is 0 Å². The Kier molecular flexibility index (Phi) is 5.06. The van der Waals surface area contributed by atoms with E-state index in [4.69, 9.17) is 0 Å². The van der Waals surface area contributed by atoms with Crippen molar-refractivity contribution in [3.05, 3.63) is 89.7 Å². The molecule has 5 nitrogen and oxygen atoms in total. The second kappa shape index (κ2) is 7.96. The van der Waals surface area contributed by atoms with E-state index in [1.165, 1.54) is 10.9 Å². The number of rotatable bonds is 6. The predicted molar refractivity (Wildman–Crippen MR) is 114 cm³/mol. The average molecular weight is 370 g/mol. The summed E-state index contributed by atoms with van der Waals surface area (Å²) < 4.78 is 0. The highest BCUT2D eigenvalue weighted by molar-refractivity contribution is 6.03. The van der Waals surface area contributed by atoms with E-state index in [2.05, 4.69) is 45.0 Å². The molecule has 0 unspecified atom stereocenters. The summed E-state index contributed by atoms with van der Waals surface area (Å²) in [4.78, 5) is 19.9. The van der Waals surface area contributed by atoms with Gasteiger partial charge in [0.2, 0.25) is 0 Å². The molecule has 3 N–H and O–H groups in total. The number of para-hydroxylation sites is 1. The lowest BCUT2D eigenvalue weighted by Gasteiger charge is -2.08. The number of pyridine rings is 1. The molecule has 0 saturated carbocycles. The molecule has 0 aliphatic heterocycles. The number of H-pyrrole nitrogens is 1. The molecule has 1 amide bonds. The third kappa shape index (κ3) is 4.04. The summed E-state index contributed by atoms with van der Waals surface area (Å²) in [6.45, 7) is 2.80. The third-order valence-corrected chi connectivity index (χ3v) is 4.72. The Morgan fingerprint density at radius 3 is 2.64 bits per heavy atom. The number of nitrogens with zero attached hydrogens (tertiary/aromatic N) is 1. The minimum absolute atomic E-state index is 0.160. The Labute approximate surface area is 163 Å². The van der Waals surface area contributed by atoms with Gasteiger partial charge >= 0.3 is 0 Å². The maximum atomic E-state index is 12.3. The number of fused-ring (bicyclic) bond motifs is 1. The molecule has 0 fully saturated rings. The van der Waals surface area contributed by atoms with Crippen LogP contribution in [0.5, 0.6) is 0 Å². The fraction of sp³-hybridized carbons (Fsp3) is 0.130. The molecule has 0 bridgehead atoms. The van der Waals surface area contributed by atoms with Crippen molar-refractivity contribution in [2.24, 2.45) is 0 Å². The van der Waals surface area contributed by atoms with Crippen LogP contribution < -0.4 is 10.6 Å². The lowest BCUT2D eigenvalue weighted by Crippen LogP contribution is -2.13. The van der Waals surface area contributed by atoms with Crippen molar-refractivity contribution in [1.29, 1.82) is 0 Å². The van der Waals surface area contributed by atoms with Crippen molar-refractivity contribution < 1.29 is 4.79 Å². The van der Waals surface area contributed by atoms with Gasteiger partial charge in [-0.25, -0.2) is 4.98 Å². The fourth-order valence-corrected chi connectivity index (χ4v) is 3.15. The predicted octanol–water partition coefficient (Wildman–Crippen LogP) is 4.78. The van der Waals surface area contributed by atoms with Crippen molar-refractivity contribution in [3.8, 4) is 0 Å². The molecule has 4 rings (SSSR count). The van der Waals surface area contributed by atoms with Crippen molar-refractivity contribution in [3.63, 3.8) is 0 Å². The SMILES string of the molecule is Cc1ccc(C(=O)Nc2ccc(NCCc3c[nH]c4ccccc34)cn2)cc1. The number of aromatic amines is 1. The van der Waals surface area contributed by atoms with E-state index in [-0.39, 0.29) is 5.91 Å². The van der Waals surface area contributed by atoms with E-state index in [0.717, 1.165) is 29.7 Å². The summed E-state index contributed by atoms with van der Waals surface area (Å²) in [7, 11) is 0. The highest BCUT2D eigenvalue weighted by Gasteiger charge is 2.07. The summed E-state index contributed by atoms with van der Waals surface area (Å²) >= 11 is 0. The first-order valence-electron chi connectivity index (χ1n) is 9.32. The molecule has 2 aromatic heterocycles. The quantitative estimate of drug-likeness (QED) is 0.457. The average Bonchev–Trinajstić information content (AvgIpc) is 3.13. The zero-order valence-electron chi connectivity index (χ0n) is 15.7. The maximum Gasteiger partial charge on any atom is 0.256 e. The van der Waals surface area contributed by atoms with E-state index < -0.39 is 0 Å². The molecule has 4 aromatic rings. The van der Waals surface area contributed by atoms with Crippen LogP contribution in [-0.2, 0) is 6.42 Å². The number of hydrogen-bond donors (Lipinski definition) is 3. The van der Waals surface area contributed by atoms with Crippen LogP contribution in [-0.4, -0.2) is 22.4 Å². The Balaban J connectivity index is 1.32. The molecule has 5 heteroatoms. The number of anilines is 2. The zero-order chi connectivity index (χ0) is 19.3. The molecule has 0 saturated heterocycles. The lowest BCUT2D eigenvalue weighted by atomic mass is 10.1. The number of benzene rings is 2. The molecule has 2 aromatic carbocycles. The number of carbonyl (C=O) groups excluding carboxylic acids is 1. The van der Waals surface area contributed by atoms with Crippen LogP contribution in [0.25, 0.3) is 10.9 Å². The molecule has 0 aliphatic carbocycles. The first-order valence-corrected chi connectivity index (χ1v) is 9.32. The van der Waals surface area contributed by atoms with Crippen molar-refractivity contribution in [2.75, 3.05) is 17.2 Å². The van der Waals surface area contributed by atoms with Crippen LogP contribution in [0.4, 0.5) is 11.5 Å². The van der Waals surface area contributed by atoms with Gasteiger partial charge in [0.15, 0.2) is 0 Å². The van der Waals surface area contributed by atoms with Gasteiger partial charge in [0.25, 0.3) is 5.91 Å². The normalized spacial score (nSPS) is 10.8. The van der Waals surface area contributed by atoms with E-state index in [1.54, 1.807) is 12.3 Å². The van der Waals surface area contributed by atoms with Crippen LogP contribution in [0, 0.1) is 6.92 Å². The number of aryl methyl sites for hydroxylation is 1. The van der Waals surface area contributed by atoms with Gasteiger partial charge in [-0.1, -0.05) is 35.9 Å². The van der Waals surface area contributed by atoms with Crippen molar-refractivity contribution >= 4 is 28.3 Å². The molecule has 0 aliphatic rings. The van der Waals surface area contributed by atoms with Crippen LogP contribution >= 0.6 is 0 Å². The van der Waals surface area contributed by atoms with Gasteiger partial charge in [-0.05, 0) is 49.2 Å². The Bertz CT molecular complexity index is 1080. The number of aromatic nitrogens is 2. The molecule has 140 valence electrons. The van der Waals surface area contributed by atoms with E-state index in [9.17, 15) is 4.79 Å². The van der Waals surface area contributed by atoms with Crippen molar-refractivity contribution in [2.45, 2.75) is 13.3 Å². The molecule has 0 spiro atoms. The maximum absolute atomic E-state index is 12.3. The van der Waals surface area contributed by atoms with Gasteiger partial charge in [0.1, 0.15) is 5.82 Å². The van der Waals surface area contributed by atoms with Gasteiger partial charge in [-0.15, -0.1) is 0 Å². The first kappa shape index (κ1) is 17.8. The number of hydrogen-bond acceptors (Lipinski definition) is 3. The van der Waals surface area contributed by atoms with Crippen molar-refractivity contribution in [1.82, 2.24) is 9.97 Å². The molecule has 0 radical (unpaired) electrons. The molecule has 28 heavy (non-hydrogen) atoms. The number of amides is 1. The van der Waals surface area contributed by atoms with Gasteiger partial charge in [0.05, 0.1) is 11.9 Å². The molecule has 0 atom stereocenters. The summed E-state index contributed by atoms with van der Waals surface area (Å²) in [6.07, 6.45) is 4.71. The Morgan fingerprint density at radius 2 is 1.86 bits per heavy atom. The second-order valence-corrected chi connectivity index (χ2v) is 6.79. The fourth-order valence-electron chi connectivity index (χ4n) is 3.15. The van der Waals surface area contributed by atoms with E-state index >= 15 is 0 Å². The summed E-state index contributed by atoms with van der Waals surface area (Å²) in [5.41, 5.74) is 5.12. The Hall–Kier alpha value is -3.60. The van der Waals surface area contributed by atoms with Gasteiger partial charge in [-0.2, -0.15) is 0 Å². The van der Waals surface area contributed by atoms with Crippen LogP contribution in [0.15, 0.2) is 73.1 Å². The summed E-state index contributed by atoms with van der Waals surface area (Å²) in [5.74, 6) is 0.375. The van der Waals surface area contributed by atoms with E-state index in [0.29, 0.717) is 11.4 Å². The molecule has 2 heterocycles.